The molecule has 0 bridgehead atoms. The van der Waals surface area contributed by atoms with Crippen molar-refractivity contribution in [1.29, 1.82) is 0 Å². The third kappa shape index (κ3) is 4.97. The minimum atomic E-state index is -0.910. The number of aryl methyl sites for hydroxylation is 2. The molecule has 0 saturated heterocycles. The molecule has 1 saturated carbocycles. The maximum atomic E-state index is 12.3. The number of primary amides is 1. The van der Waals surface area contributed by atoms with Gasteiger partial charge in [-0.1, -0.05) is 19.9 Å². The van der Waals surface area contributed by atoms with Gasteiger partial charge in [-0.2, -0.15) is 0 Å². The van der Waals surface area contributed by atoms with Crippen LogP contribution in [0.3, 0.4) is 0 Å². The van der Waals surface area contributed by atoms with Gasteiger partial charge in [-0.15, -0.1) is 0 Å². The fraction of sp³-hybridized carbons (Fsp3) is 0.600. The summed E-state index contributed by atoms with van der Waals surface area (Å²) in [5.41, 5.74) is 7.24. The zero-order valence-corrected chi connectivity index (χ0v) is 15.8. The number of hydrogen-bond acceptors (Lipinski definition) is 3. The van der Waals surface area contributed by atoms with Crippen molar-refractivity contribution < 1.29 is 14.3 Å². The minimum Gasteiger partial charge on any atom is -0.493 e. The van der Waals surface area contributed by atoms with E-state index in [1.807, 2.05) is 32.0 Å². The van der Waals surface area contributed by atoms with Crippen molar-refractivity contribution in [2.45, 2.75) is 65.3 Å². The zero-order chi connectivity index (χ0) is 18.7. The highest BCUT2D eigenvalue weighted by atomic mass is 16.5. The maximum Gasteiger partial charge on any atom is 0.243 e. The first-order valence-corrected chi connectivity index (χ1v) is 8.95. The second-order valence-corrected chi connectivity index (χ2v) is 8.00. The van der Waals surface area contributed by atoms with Crippen LogP contribution in [0.25, 0.3) is 0 Å². The molecule has 0 aliphatic heterocycles. The van der Waals surface area contributed by atoms with Crippen molar-refractivity contribution in [2.24, 2.45) is 11.1 Å². The third-order valence-electron chi connectivity index (χ3n) is 5.38. The number of rotatable bonds is 6. The molecule has 1 aromatic rings. The van der Waals surface area contributed by atoms with Crippen molar-refractivity contribution in [3.63, 3.8) is 0 Å². The Balaban J connectivity index is 1.87. The molecule has 1 aromatic carbocycles. The quantitative estimate of drug-likeness (QED) is 0.831. The molecule has 25 heavy (non-hydrogen) atoms. The van der Waals surface area contributed by atoms with Crippen LogP contribution in [0.15, 0.2) is 18.2 Å². The zero-order valence-electron chi connectivity index (χ0n) is 15.8. The first-order valence-electron chi connectivity index (χ1n) is 8.95. The number of amides is 2. The van der Waals surface area contributed by atoms with Crippen LogP contribution in [0, 0.1) is 19.3 Å². The molecular formula is C20H30N2O3. The molecule has 3 N–H and O–H groups in total. The van der Waals surface area contributed by atoms with Crippen LogP contribution in [-0.2, 0) is 9.59 Å². The number of ether oxygens (including phenoxy) is 1. The first-order chi connectivity index (χ1) is 11.6. The molecule has 0 aromatic heterocycles. The Labute approximate surface area is 150 Å². The molecule has 1 aliphatic carbocycles. The average molecular weight is 346 g/mol. The third-order valence-corrected chi connectivity index (χ3v) is 5.38. The van der Waals surface area contributed by atoms with Gasteiger partial charge in [-0.25, -0.2) is 0 Å². The van der Waals surface area contributed by atoms with Crippen LogP contribution in [0.5, 0.6) is 5.75 Å². The van der Waals surface area contributed by atoms with E-state index in [9.17, 15) is 9.59 Å². The van der Waals surface area contributed by atoms with E-state index in [1.165, 1.54) is 5.56 Å². The molecule has 5 nitrogen and oxygen atoms in total. The SMILES string of the molecule is Cc1ccc(OCCC(=O)NC2(C(N)=O)CCC(C)(C)CC2)cc1C. The topological polar surface area (TPSA) is 81.4 Å². The molecule has 0 spiro atoms. The van der Waals surface area contributed by atoms with Gasteiger partial charge in [0.25, 0.3) is 0 Å². The van der Waals surface area contributed by atoms with Crippen LogP contribution in [0.2, 0.25) is 0 Å². The van der Waals surface area contributed by atoms with Gasteiger partial charge in [0.05, 0.1) is 13.0 Å². The molecule has 0 atom stereocenters. The lowest BCUT2D eigenvalue weighted by Gasteiger charge is -2.42. The Kier molecular flexibility index (Phi) is 5.76. The van der Waals surface area contributed by atoms with E-state index >= 15 is 0 Å². The second kappa shape index (κ2) is 7.46. The highest BCUT2D eigenvalue weighted by Gasteiger charge is 2.43. The van der Waals surface area contributed by atoms with Crippen molar-refractivity contribution in [3.05, 3.63) is 29.3 Å². The molecule has 2 amide bonds. The van der Waals surface area contributed by atoms with E-state index in [4.69, 9.17) is 10.5 Å². The molecule has 1 fully saturated rings. The number of benzene rings is 1. The molecule has 5 heteroatoms. The van der Waals surface area contributed by atoms with Crippen LogP contribution in [-0.4, -0.2) is 24.0 Å². The summed E-state index contributed by atoms with van der Waals surface area (Å²) in [4.78, 5) is 24.3. The Morgan fingerprint density at radius 2 is 1.76 bits per heavy atom. The first kappa shape index (κ1) is 19.3. The molecule has 0 heterocycles. The normalized spacial score (nSPS) is 18.4. The standard InChI is InChI=1S/C20H30N2O3/c1-14-5-6-16(13-15(14)2)25-12-7-17(23)22-20(18(21)24)10-8-19(3,4)9-11-20/h5-6,13H,7-12H2,1-4H3,(H2,21,24)(H,22,23). The highest BCUT2D eigenvalue weighted by Crippen LogP contribution is 2.40. The smallest absolute Gasteiger partial charge is 0.243 e. The van der Waals surface area contributed by atoms with Crippen molar-refractivity contribution in [1.82, 2.24) is 5.32 Å². The van der Waals surface area contributed by atoms with Crippen LogP contribution < -0.4 is 15.8 Å². The predicted octanol–water partition coefficient (Wildman–Crippen LogP) is 3.01. The van der Waals surface area contributed by atoms with Gasteiger partial charge in [0.1, 0.15) is 11.3 Å². The van der Waals surface area contributed by atoms with Gasteiger partial charge in [0.2, 0.25) is 11.8 Å². The number of hydrogen-bond donors (Lipinski definition) is 2. The largest absolute Gasteiger partial charge is 0.493 e. The fourth-order valence-electron chi connectivity index (χ4n) is 3.18. The van der Waals surface area contributed by atoms with Crippen molar-refractivity contribution >= 4 is 11.8 Å². The lowest BCUT2D eigenvalue weighted by atomic mass is 9.69. The van der Waals surface area contributed by atoms with Crippen LogP contribution in [0.4, 0.5) is 0 Å². The summed E-state index contributed by atoms with van der Waals surface area (Å²) >= 11 is 0. The number of nitrogens with one attached hydrogen (secondary N) is 1. The monoisotopic (exact) mass is 346 g/mol. The predicted molar refractivity (Wildman–Crippen MR) is 98.3 cm³/mol. The van der Waals surface area contributed by atoms with E-state index in [-0.39, 0.29) is 24.3 Å². The van der Waals surface area contributed by atoms with Crippen LogP contribution in [0.1, 0.15) is 57.1 Å². The number of carbonyl (C=O) groups is 2. The van der Waals surface area contributed by atoms with E-state index in [0.29, 0.717) is 12.8 Å². The Bertz CT molecular complexity index is 642. The molecule has 2 rings (SSSR count). The lowest BCUT2D eigenvalue weighted by Crippen LogP contribution is -2.59. The highest BCUT2D eigenvalue weighted by molar-refractivity contribution is 5.90. The number of nitrogens with two attached hydrogens (primary N) is 1. The summed E-state index contributed by atoms with van der Waals surface area (Å²) in [7, 11) is 0. The van der Waals surface area contributed by atoms with E-state index in [2.05, 4.69) is 19.2 Å². The van der Waals surface area contributed by atoms with Crippen molar-refractivity contribution in [3.8, 4) is 5.75 Å². The number of carbonyl (C=O) groups excluding carboxylic acids is 2. The van der Waals surface area contributed by atoms with Gasteiger partial charge in [-0.3, -0.25) is 9.59 Å². The summed E-state index contributed by atoms with van der Waals surface area (Å²) < 4.78 is 5.65. The Hall–Kier alpha value is -2.04. The molecule has 0 unspecified atom stereocenters. The summed E-state index contributed by atoms with van der Waals surface area (Å²) in [6, 6.07) is 5.85. The Morgan fingerprint density at radius 1 is 1.12 bits per heavy atom. The van der Waals surface area contributed by atoms with E-state index < -0.39 is 11.4 Å². The molecular weight excluding hydrogens is 316 g/mol. The van der Waals surface area contributed by atoms with Crippen molar-refractivity contribution in [2.75, 3.05) is 6.61 Å². The summed E-state index contributed by atoms with van der Waals surface area (Å²) in [6.07, 6.45) is 3.13. The summed E-state index contributed by atoms with van der Waals surface area (Å²) in [6.45, 7) is 8.69. The summed E-state index contributed by atoms with van der Waals surface area (Å²) in [5.74, 6) is 0.119. The average Bonchev–Trinajstić information content (AvgIpc) is 2.53. The van der Waals surface area contributed by atoms with Gasteiger partial charge in [-0.05, 0) is 68.2 Å². The molecule has 0 radical (unpaired) electrons. The van der Waals surface area contributed by atoms with Gasteiger partial charge in [0, 0.05) is 0 Å². The Morgan fingerprint density at radius 3 is 2.32 bits per heavy atom. The molecule has 138 valence electrons. The van der Waals surface area contributed by atoms with Gasteiger partial charge >= 0.3 is 0 Å². The van der Waals surface area contributed by atoms with Gasteiger partial charge < -0.3 is 15.8 Å². The molecule has 1 aliphatic rings. The maximum absolute atomic E-state index is 12.3. The fourth-order valence-corrected chi connectivity index (χ4v) is 3.18. The minimum absolute atomic E-state index is 0.191. The van der Waals surface area contributed by atoms with E-state index in [1.54, 1.807) is 0 Å². The van der Waals surface area contributed by atoms with Gasteiger partial charge in [0.15, 0.2) is 0 Å². The lowest BCUT2D eigenvalue weighted by molar-refractivity contribution is -0.134. The van der Waals surface area contributed by atoms with Crippen LogP contribution >= 0.6 is 0 Å². The van der Waals surface area contributed by atoms with E-state index in [0.717, 1.165) is 24.2 Å². The second-order valence-electron chi connectivity index (χ2n) is 8.00. The summed E-state index contributed by atoms with van der Waals surface area (Å²) in [5, 5.41) is 2.88.